The summed E-state index contributed by atoms with van der Waals surface area (Å²) >= 11 is 0. The van der Waals surface area contributed by atoms with Gasteiger partial charge in [0.25, 0.3) is 0 Å². The quantitative estimate of drug-likeness (QED) is 0.215. The summed E-state index contributed by atoms with van der Waals surface area (Å²) in [5.41, 5.74) is 3.59. The molecule has 0 unspecified atom stereocenters. The van der Waals surface area contributed by atoms with E-state index < -0.39 is 6.04 Å². The summed E-state index contributed by atoms with van der Waals surface area (Å²) in [4.78, 5) is 28.9. The van der Waals surface area contributed by atoms with Gasteiger partial charge in [0.1, 0.15) is 23.8 Å². The van der Waals surface area contributed by atoms with Gasteiger partial charge in [-0.05, 0) is 55.4 Å². The highest BCUT2D eigenvalue weighted by molar-refractivity contribution is 5.95. The third-order valence-electron chi connectivity index (χ3n) is 5.33. The minimum atomic E-state index is -0.445. The number of anilines is 1. The normalized spacial score (nSPS) is 10.7. The van der Waals surface area contributed by atoms with Crippen LogP contribution in [-0.2, 0) is 27.4 Å². The number of hydrogen-bond donors (Lipinski definition) is 3. The zero-order valence-electron chi connectivity index (χ0n) is 23.0. The van der Waals surface area contributed by atoms with Crippen LogP contribution in [0.15, 0.2) is 91.4 Å². The molecule has 0 radical (unpaired) electrons. The number of amides is 1. The number of nitrogens with zero attached hydrogens (tertiary/aromatic N) is 1. The maximum Gasteiger partial charge on any atom is 0.243 e. The molecule has 0 fully saturated rings. The second-order valence-corrected chi connectivity index (χ2v) is 8.17. The van der Waals surface area contributed by atoms with Gasteiger partial charge in [-0.1, -0.05) is 62.4 Å². The standard InChI is InChI=1S/C24H26N2O3.C5H6N2O.C2H6/c1-18-15-20(13-14-23(18)29-21-11-7-4-8-12-21)26-24(27)22(25-2)17-28-16-19-9-5-3-6-10-19;8-2-1-5-3-6-4-7-5;1-2/h3-15,22,25H,16-17H2,1-2H3,(H,26,27);2-4H,1H2,(H,6,7);1-2H3/t22-;;/m0../s1. The van der Waals surface area contributed by atoms with Gasteiger partial charge in [-0.15, -0.1) is 0 Å². The maximum absolute atomic E-state index is 12.6. The minimum Gasteiger partial charge on any atom is -0.457 e. The third-order valence-corrected chi connectivity index (χ3v) is 5.33. The van der Waals surface area contributed by atoms with E-state index in [0.29, 0.717) is 13.0 Å². The molecule has 39 heavy (non-hydrogen) atoms. The lowest BCUT2D eigenvalue weighted by atomic mass is 10.2. The molecule has 1 heterocycles. The molecule has 4 aromatic rings. The molecule has 1 aromatic heterocycles. The summed E-state index contributed by atoms with van der Waals surface area (Å²) in [6.45, 7) is 6.70. The van der Waals surface area contributed by atoms with Crippen LogP contribution in [0.4, 0.5) is 5.69 Å². The van der Waals surface area contributed by atoms with Gasteiger partial charge in [0.2, 0.25) is 5.91 Å². The topological polar surface area (TPSA) is 105 Å². The Kier molecular flexibility index (Phi) is 14.3. The van der Waals surface area contributed by atoms with Gasteiger partial charge in [0.05, 0.1) is 19.5 Å². The number of H-pyrrole nitrogens is 1. The van der Waals surface area contributed by atoms with Crippen molar-refractivity contribution in [1.29, 1.82) is 0 Å². The van der Waals surface area contributed by atoms with E-state index in [1.165, 1.54) is 0 Å². The minimum absolute atomic E-state index is 0.142. The number of aldehydes is 1. The van der Waals surface area contributed by atoms with Crippen molar-refractivity contribution in [2.45, 2.75) is 39.8 Å². The Bertz CT molecular complexity index is 1220. The van der Waals surface area contributed by atoms with Crippen LogP contribution in [0.3, 0.4) is 0 Å². The van der Waals surface area contributed by atoms with Gasteiger partial charge < -0.3 is 29.9 Å². The number of aromatic amines is 1. The smallest absolute Gasteiger partial charge is 0.243 e. The average molecular weight is 531 g/mol. The molecule has 3 aromatic carbocycles. The number of hydrogen-bond acceptors (Lipinski definition) is 6. The predicted molar refractivity (Wildman–Crippen MR) is 155 cm³/mol. The van der Waals surface area contributed by atoms with Crippen molar-refractivity contribution in [2.75, 3.05) is 19.0 Å². The van der Waals surface area contributed by atoms with E-state index in [1.807, 2.05) is 99.6 Å². The molecule has 4 rings (SSSR count). The Morgan fingerprint density at radius 3 is 2.31 bits per heavy atom. The Hall–Kier alpha value is -4.27. The lowest BCUT2D eigenvalue weighted by Gasteiger charge is -2.17. The maximum atomic E-state index is 12.6. The molecular formula is C31H38N4O4. The van der Waals surface area contributed by atoms with Gasteiger partial charge in [0, 0.05) is 24.0 Å². The van der Waals surface area contributed by atoms with Crippen molar-refractivity contribution in [3.05, 3.63) is 108 Å². The van der Waals surface area contributed by atoms with Gasteiger partial charge in [-0.2, -0.15) is 0 Å². The number of ether oxygens (including phenoxy) is 2. The molecule has 8 heteroatoms. The number of imidazole rings is 1. The first-order chi connectivity index (χ1) is 19.1. The Morgan fingerprint density at radius 2 is 1.72 bits per heavy atom. The summed E-state index contributed by atoms with van der Waals surface area (Å²) in [6, 6.07) is 24.6. The Labute approximate surface area is 230 Å². The highest BCUT2D eigenvalue weighted by atomic mass is 16.5. The molecule has 0 aliphatic heterocycles. The first-order valence-electron chi connectivity index (χ1n) is 12.9. The largest absolute Gasteiger partial charge is 0.457 e. The molecule has 0 bridgehead atoms. The fraction of sp³-hybridized carbons (Fsp3) is 0.258. The second kappa shape index (κ2) is 18.1. The molecule has 0 spiro atoms. The number of likely N-dealkylation sites (N-methyl/N-ethyl adjacent to an activating group) is 1. The van der Waals surface area contributed by atoms with E-state index >= 15 is 0 Å². The van der Waals surface area contributed by atoms with E-state index in [9.17, 15) is 9.59 Å². The van der Waals surface area contributed by atoms with Gasteiger partial charge in [-0.25, -0.2) is 4.98 Å². The lowest BCUT2D eigenvalue weighted by Crippen LogP contribution is -2.42. The first-order valence-corrected chi connectivity index (χ1v) is 12.9. The number of para-hydroxylation sites is 1. The molecule has 1 amide bonds. The Morgan fingerprint density at radius 1 is 1.03 bits per heavy atom. The molecule has 0 saturated carbocycles. The van der Waals surface area contributed by atoms with Gasteiger partial charge in [0.15, 0.2) is 0 Å². The van der Waals surface area contributed by atoms with Gasteiger partial charge in [-0.3, -0.25) is 4.79 Å². The second-order valence-electron chi connectivity index (χ2n) is 8.17. The summed E-state index contributed by atoms with van der Waals surface area (Å²) in [7, 11) is 1.75. The van der Waals surface area contributed by atoms with Crippen molar-refractivity contribution >= 4 is 17.9 Å². The number of aryl methyl sites for hydroxylation is 1. The monoisotopic (exact) mass is 530 g/mol. The first kappa shape index (κ1) is 31.0. The van der Waals surface area contributed by atoms with E-state index in [-0.39, 0.29) is 12.5 Å². The molecule has 3 N–H and O–H groups in total. The lowest BCUT2D eigenvalue weighted by molar-refractivity contribution is -0.119. The number of aromatic nitrogens is 2. The summed E-state index contributed by atoms with van der Waals surface area (Å²) in [5.74, 6) is 1.39. The van der Waals surface area contributed by atoms with Crippen LogP contribution in [0.1, 0.15) is 30.7 Å². The van der Waals surface area contributed by atoms with Crippen molar-refractivity contribution in [2.24, 2.45) is 0 Å². The van der Waals surface area contributed by atoms with Crippen LogP contribution in [0.25, 0.3) is 0 Å². The SMILES string of the molecule is CC.CN[C@@H](COCc1ccccc1)C(=O)Nc1ccc(Oc2ccccc2)c(C)c1.O=CCc1cnc[nH]1. The zero-order valence-corrected chi connectivity index (χ0v) is 23.0. The fourth-order valence-electron chi connectivity index (χ4n) is 3.33. The van der Waals surface area contributed by atoms with Crippen LogP contribution in [0.5, 0.6) is 11.5 Å². The molecule has 1 atom stereocenters. The van der Waals surface area contributed by atoms with Crippen LogP contribution in [-0.4, -0.2) is 41.9 Å². The molecule has 0 aliphatic carbocycles. The number of carbonyl (C=O) groups is 2. The molecule has 0 saturated heterocycles. The third kappa shape index (κ3) is 11.3. The predicted octanol–water partition coefficient (Wildman–Crippen LogP) is 5.71. The zero-order chi connectivity index (χ0) is 28.3. The van der Waals surface area contributed by atoms with E-state index in [0.717, 1.165) is 40.3 Å². The summed E-state index contributed by atoms with van der Waals surface area (Å²) in [5, 5.41) is 5.94. The highest BCUT2D eigenvalue weighted by Gasteiger charge is 2.17. The van der Waals surface area contributed by atoms with Crippen molar-refractivity contribution in [3.63, 3.8) is 0 Å². The van der Waals surface area contributed by atoms with Crippen LogP contribution >= 0.6 is 0 Å². The Balaban J connectivity index is 0.000000451. The molecular weight excluding hydrogens is 492 g/mol. The van der Waals surface area contributed by atoms with E-state index in [4.69, 9.17) is 9.47 Å². The van der Waals surface area contributed by atoms with Crippen molar-refractivity contribution < 1.29 is 19.1 Å². The van der Waals surface area contributed by atoms with Crippen LogP contribution in [0, 0.1) is 6.92 Å². The van der Waals surface area contributed by atoms with Crippen molar-refractivity contribution in [3.8, 4) is 11.5 Å². The average Bonchev–Trinajstić information content (AvgIpc) is 3.49. The number of rotatable bonds is 11. The number of carbonyl (C=O) groups excluding carboxylic acids is 2. The summed E-state index contributed by atoms with van der Waals surface area (Å²) in [6.07, 6.45) is 4.46. The van der Waals surface area contributed by atoms with Crippen LogP contribution < -0.4 is 15.4 Å². The van der Waals surface area contributed by atoms with E-state index in [2.05, 4.69) is 20.6 Å². The molecule has 206 valence electrons. The van der Waals surface area contributed by atoms with E-state index in [1.54, 1.807) is 19.6 Å². The van der Waals surface area contributed by atoms with Gasteiger partial charge >= 0.3 is 0 Å². The summed E-state index contributed by atoms with van der Waals surface area (Å²) < 4.78 is 11.6. The fourth-order valence-corrected chi connectivity index (χ4v) is 3.33. The number of benzene rings is 3. The number of nitrogens with one attached hydrogen (secondary N) is 3. The molecule has 8 nitrogen and oxygen atoms in total. The van der Waals surface area contributed by atoms with Crippen LogP contribution in [0.2, 0.25) is 0 Å². The van der Waals surface area contributed by atoms with Crippen molar-refractivity contribution in [1.82, 2.24) is 15.3 Å². The highest BCUT2D eigenvalue weighted by Crippen LogP contribution is 2.27. The molecule has 0 aliphatic rings.